The van der Waals surface area contributed by atoms with Gasteiger partial charge in [0.1, 0.15) is 5.75 Å². The van der Waals surface area contributed by atoms with E-state index in [0.717, 1.165) is 11.1 Å². The molecule has 122 valence electrons. The van der Waals surface area contributed by atoms with E-state index >= 15 is 0 Å². The maximum atomic E-state index is 12.3. The molecule has 0 radical (unpaired) electrons. The molecule has 0 aliphatic carbocycles. The summed E-state index contributed by atoms with van der Waals surface area (Å²) in [6.45, 7) is 9.93. The monoisotopic (exact) mass is 311 g/mol. The van der Waals surface area contributed by atoms with Crippen LogP contribution in [0.4, 0.5) is 0 Å². The number of nitrogens with one attached hydrogen (secondary N) is 1. The van der Waals surface area contributed by atoms with Gasteiger partial charge in [0.2, 0.25) is 0 Å². The maximum Gasteiger partial charge on any atom is 0.261 e. The predicted octanol–water partition coefficient (Wildman–Crippen LogP) is 4.26. The van der Waals surface area contributed by atoms with E-state index in [-0.39, 0.29) is 11.9 Å². The van der Waals surface area contributed by atoms with Crippen molar-refractivity contribution in [3.8, 4) is 5.75 Å². The van der Waals surface area contributed by atoms with Crippen LogP contribution in [0.1, 0.15) is 42.1 Å². The first-order chi connectivity index (χ1) is 10.9. The summed E-state index contributed by atoms with van der Waals surface area (Å²) in [5, 5.41) is 3.01. The lowest BCUT2D eigenvalue weighted by atomic mass is 10.0. The third-order valence-electron chi connectivity index (χ3n) is 4.09. The molecule has 2 atom stereocenters. The molecule has 2 rings (SSSR count). The van der Waals surface area contributed by atoms with Crippen molar-refractivity contribution in [1.29, 1.82) is 0 Å². The first kappa shape index (κ1) is 17.1. The second-order valence-electron chi connectivity index (χ2n) is 6.15. The van der Waals surface area contributed by atoms with Gasteiger partial charge < -0.3 is 10.1 Å². The van der Waals surface area contributed by atoms with Crippen LogP contribution in [-0.2, 0) is 4.79 Å². The Morgan fingerprint density at radius 3 is 2.22 bits per heavy atom. The van der Waals surface area contributed by atoms with Gasteiger partial charge in [-0.1, -0.05) is 35.9 Å². The van der Waals surface area contributed by atoms with Crippen molar-refractivity contribution in [2.24, 2.45) is 0 Å². The van der Waals surface area contributed by atoms with E-state index in [9.17, 15) is 4.79 Å². The average molecular weight is 311 g/mol. The van der Waals surface area contributed by atoms with Gasteiger partial charge in [-0.15, -0.1) is 0 Å². The Bertz CT molecular complexity index is 677. The molecule has 0 unspecified atom stereocenters. The highest BCUT2D eigenvalue weighted by Gasteiger charge is 2.18. The number of carbonyl (C=O) groups excluding carboxylic acids is 1. The van der Waals surface area contributed by atoms with Crippen LogP contribution in [0, 0.1) is 20.8 Å². The standard InChI is InChI=1S/C20H25NO2/c1-13-6-10-19(11-7-13)23-17(5)20(22)21-16(4)18-9-8-14(2)15(3)12-18/h6-12,16-17H,1-5H3,(H,21,22)/t16-,17-/m0/s1. The van der Waals surface area contributed by atoms with Gasteiger partial charge in [-0.2, -0.15) is 0 Å². The molecule has 1 N–H and O–H groups in total. The number of amides is 1. The number of ether oxygens (including phenoxy) is 1. The van der Waals surface area contributed by atoms with E-state index in [2.05, 4.69) is 37.4 Å². The second kappa shape index (κ2) is 7.32. The molecule has 0 spiro atoms. The van der Waals surface area contributed by atoms with Gasteiger partial charge in [-0.25, -0.2) is 0 Å². The Morgan fingerprint density at radius 1 is 0.957 bits per heavy atom. The van der Waals surface area contributed by atoms with E-state index in [1.807, 2.05) is 38.1 Å². The van der Waals surface area contributed by atoms with E-state index in [0.29, 0.717) is 5.75 Å². The third-order valence-corrected chi connectivity index (χ3v) is 4.09. The van der Waals surface area contributed by atoms with Crippen LogP contribution in [0.25, 0.3) is 0 Å². The number of hydrogen-bond acceptors (Lipinski definition) is 2. The van der Waals surface area contributed by atoms with Crippen LogP contribution >= 0.6 is 0 Å². The average Bonchev–Trinajstić information content (AvgIpc) is 2.52. The first-order valence-electron chi connectivity index (χ1n) is 7.97. The zero-order valence-electron chi connectivity index (χ0n) is 14.5. The van der Waals surface area contributed by atoms with Crippen molar-refractivity contribution < 1.29 is 9.53 Å². The fourth-order valence-electron chi connectivity index (χ4n) is 2.32. The lowest BCUT2D eigenvalue weighted by Crippen LogP contribution is -2.37. The largest absolute Gasteiger partial charge is 0.481 e. The van der Waals surface area contributed by atoms with E-state index in [4.69, 9.17) is 4.74 Å². The fourth-order valence-corrected chi connectivity index (χ4v) is 2.32. The van der Waals surface area contributed by atoms with E-state index in [1.165, 1.54) is 11.1 Å². The lowest BCUT2D eigenvalue weighted by molar-refractivity contribution is -0.127. The van der Waals surface area contributed by atoms with Gasteiger partial charge in [0.25, 0.3) is 5.91 Å². The molecule has 0 saturated carbocycles. The molecule has 0 aliphatic rings. The van der Waals surface area contributed by atoms with Gasteiger partial charge >= 0.3 is 0 Å². The van der Waals surface area contributed by atoms with Gasteiger partial charge in [0.15, 0.2) is 6.10 Å². The number of benzene rings is 2. The summed E-state index contributed by atoms with van der Waals surface area (Å²) in [5.41, 5.74) is 4.75. The molecule has 0 aliphatic heterocycles. The van der Waals surface area contributed by atoms with Crippen LogP contribution < -0.4 is 10.1 Å². The fraction of sp³-hybridized carbons (Fsp3) is 0.350. The van der Waals surface area contributed by atoms with Gasteiger partial charge in [-0.3, -0.25) is 4.79 Å². The zero-order valence-corrected chi connectivity index (χ0v) is 14.5. The highest BCUT2D eigenvalue weighted by Crippen LogP contribution is 2.18. The summed E-state index contributed by atoms with van der Waals surface area (Å²) < 4.78 is 5.70. The summed E-state index contributed by atoms with van der Waals surface area (Å²) >= 11 is 0. The van der Waals surface area contributed by atoms with Crippen molar-refractivity contribution in [1.82, 2.24) is 5.32 Å². The Kier molecular flexibility index (Phi) is 5.43. The molecule has 1 amide bonds. The Balaban J connectivity index is 1.96. The lowest BCUT2D eigenvalue weighted by Gasteiger charge is -2.19. The molecule has 0 saturated heterocycles. The van der Waals surface area contributed by atoms with Crippen LogP contribution in [0.5, 0.6) is 5.75 Å². The highest BCUT2D eigenvalue weighted by atomic mass is 16.5. The normalized spacial score (nSPS) is 13.3. The minimum Gasteiger partial charge on any atom is -0.481 e. The van der Waals surface area contributed by atoms with Crippen LogP contribution in [-0.4, -0.2) is 12.0 Å². The molecular weight excluding hydrogens is 286 g/mol. The topological polar surface area (TPSA) is 38.3 Å². The van der Waals surface area contributed by atoms with Gasteiger partial charge in [0, 0.05) is 0 Å². The third kappa shape index (κ3) is 4.59. The van der Waals surface area contributed by atoms with Gasteiger partial charge in [0.05, 0.1) is 6.04 Å². The molecule has 23 heavy (non-hydrogen) atoms. The minimum absolute atomic E-state index is 0.0501. The molecule has 3 nitrogen and oxygen atoms in total. The van der Waals surface area contributed by atoms with E-state index in [1.54, 1.807) is 6.92 Å². The Labute approximate surface area is 138 Å². The van der Waals surface area contributed by atoms with Crippen LogP contribution in [0.3, 0.4) is 0 Å². The summed E-state index contributed by atoms with van der Waals surface area (Å²) in [6.07, 6.45) is -0.535. The quantitative estimate of drug-likeness (QED) is 0.896. The summed E-state index contributed by atoms with van der Waals surface area (Å²) in [5.74, 6) is 0.591. The van der Waals surface area contributed by atoms with Crippen LogP contribution in [0.2, 0.25) is 0 Å². The van der Waals surface area contributed by atoms with Crippen molar-refractivity contribution in [2.45, 2.75) is 46.8 Å². The smallest absolute Gasteiger partial charge is 0.261 e. The molecule has 0 aromatic heterocycles. The Morgan fingerprint density at radius 2 is 1.61 bits per heavy atom. The summed E-state index contributed by atoms with van der Waals surface area (Å²) in [6, 6.07) is 13.9. The van der Waals surface area contributed by atoms with Crippen molar-refractivity contribution in [3.63, 3.8) is 0 Å². The van der Waals surface area contributed by atoms with Gasteiger partial charge in [-0.05, 0) is 63.4 Å². The SMILES string of the molecule is Cc1ccc(O[C@@H](C)C(=O)N[C@@H](C)c2ccc(C)c(C)c2)cc1. The zero-order chi connectivity index (χ0) is 17.0. The highest BCUT2D eigenvalue weighted by molar-refractivity contribution is 5.81. The number of aryl methyl sites for hydroxylation is 3. The number of carbonyl (C=O) groups is 1. The predicted molar refractivity (Wildman–Crippen MR) is 93.7 cm³/mol. The minimum atomic E-state index is -0.535. The molecule has 0 fully saturated rings. The Hall–Kier alpha value is -2.29. The van der Waals surface area contributed by atoms with E-state index < -0.39 is 6.10 Å². The second-order valence-corrected chi connectivity index (χ2v) is 6.15. The molecule has 3 heteroatoms. The van der Waals surface area contributed by atoms with Crippen molar-refractivity contribution in [2.75, 3.05) is 0 Å². The molecule has 2 aromatic carbocycles. The summed E-state index contributed by atoms with van der Waals surface area (Å²) in [7, 11) is 0. The molecule has 0 bridgehead atoms. The van der Waals surface area contributed by atoms with Crippen molar-refractivity contribution >= 4 is 5.91 Å². The molecule has 2 aromatic rings. The number of hydrogen-bond donors (Lipinski definition) is 1. The maximum absolute atomic E-state index is 12.3. The number of rotatable bonds is 5. The van der Waals surface area contributed by atoms with Crippen molar-refractivity contribution in [3.05, 3.63) is 64.7 Å². The molecular formula is C20H25NO2. The summed E-state index contributed by atoms with van der Waals surface area (Å²) in [4.78, 5) is 12.3. The first-order valence-corrected chi connectivity index (χ1v) is 7.97. The molecule has 0 heterocycles. The van der Waals surface area contributed by atoms with Crippen LogP contribution in [0.15, 0.2) is 42.5 Å².